The van der Waals surface area contributed by atoms with Crippen molar-refractivity contribution >= 4 is 16.9 Å². The summed E-state index contributed by atoms with van der Waals surface area (Å²) < 4.78 is 22.1. The van der Waals surface area contributed by atoms with Gasteiger partial charge in [-0.1, -0.05) is 6.07 Å². The van der Waals surface area contributed by atoms with Gasteiger partial charge < -0.3 is 28.4 Å². The Balaban J connectivity index is 1.89. The van der Waals surface area contributed by atoms with E-state index in [1.54, 1.807) is 43.4 Å². The van der Waals surface area contributed by atoms with Crippen LogP contribution in [0.15, 0.2) is 45.6 Å². The van der Waals surface area contributed by atoms with E-state index in [0.29, 0.717) is 40.3 Å². The molecule has 0 saturated carbocycles. The zero-order valence-electron chi connectivity index (χ0n) is 19.5. The summed E-state index contributed by atoms with van der Waals surface area (Å²) in [4.78, 5) is 30.9. The van der Waals surface area contributed by atoms with E-state index >= 15 is 0 Å². The first-order valence-electron chi connectivity index (χ1n) is 10.7. The maximum absolute atomic E-state index is 13.6. The normalized spacial score (nSPS) is 15.3. The van der Waals surface area contributed by atoms with Gasteiger partial charge in [0.2, 0.25) is 5.76 Å². The van der Waals surface area contributed by atoms with Crippen molar-refractivity contribution in [3.63, 3.8) is 0 Å². The molecule has 3 aromatic rings. The molecule has 0 N–H and O–H groups in total. The molecule has 0 aliphatic carbocycles. The van der Waals surface area contributed by atoms with Crippen LogP contribution in [0.1, 0.15) is 34.1 Å². The molecule has 4 rings (SSSR count). The average molecular weight is 453 g/mol. The molecule has 0 saturated heterocycles. The summed E-state index contributed by atoms with van der Waals surface area (Å²) in [6, 6.07) is 9.87. The largest absolute Gasteiger partial charge is 0.497 e. The van der Waals surface area contributed by atoms with Crippen molar-refractivity contribution in [3.05, 3.63) is 63.5 Å². The molecule has 174 valence electrons. The lowest BCUT2D eigenvalue weighted by molar-refractivity contribution is 0.0722. The van der Waals surface area contributed by atoms with Crippen LogP contribution in [0, 0.1) is 0 Å². The first-order valence-corrected chi connectivity index (χ1v) is 10.7. The number of rotatable bonds is 8. The molecule has 8 nitrogen and oxygen atoms in total. The van der Waals surface area contributed by atoms with Gasteiger partial charge >= 0.3 is 0 Å². The van der Waals surface area contributed by atoms with E-state index in [4.69, 9.17) is 18.6 Å². The zero-order chi connectivity index (χ0) is 23.7. The molecule has 33 heavy (non-hydrogen) atoms. The molecule has 8 heteroatoms. The lowest BCUT2D eigenvalue weighted by Crippen LogP contribution is -2.32. The number of hydrogen-bond acceptors (Lipinski definition) is 7. The quantitative estimate of drug-likeness (QED) is 0.519. The van der Waals surface area contributed by atoms with Gasteiger partial charge in [0.1, 0.15) is 11.3 Å². The second kappa shape index (κ2) is 9.15. The van der Waals surface area contributed by atoms with E-state index < -0.39 is 6.04 Å². The number of hydrogen-bond donors (Lipinski definition) is 0. The van der Waals surface area contributed by atoms with Crippen molar-refractivity contribution in [2.45, 2.75) is 12.5 Å². The van der Waals surface area contributed by atoms with Crippen LogP contribution in [0.2, 0.25) is 0 Å². The molecular formula is C25H28N2O6. The zero-order valence-corrected chi connectivity index (χ0v) is 19.5. The molecule has 0 fully saturated rings. The number of benzene rings is 2. The molecular weight excluding hydrogens is 424 g/mol. The van der Waals surface area contributed by atoms with Gasteiger partial charge in [-0.2, -0.15) is 0 Å². The summed E-state index contributed by atoms with van der Waals surface area (Å²) in [7, 11) is 8.63. The van der Waals surface area contributed by atoms with E-state index in [0.717, 1.165) is 18.5 Å². The fourth-order valence-corrected chi connectivity index (χ4v) is 4.28. The number of amides is 1. The Kier molecular flexibility index (Phi) is 6.29. The molecule has 1 aromatic heterocycles. The summed E-state index contributed by atoms with van der Waals surface area (Å²) in [5.41, 5.74) is 1.20. The monoisotopic (exact) mass is 452 g/mol. The van der Waals surface area contributed by atoms with E-state index in [-0.39, 0.29) is 17.1 Å². The minimum Gasteiger partial charge on any atom is -0.497 e. The van der Waals surface area contributed by atoms with Crippen molar-refractivity contribution < 1.29 is 23.4 Å². The van der Waals surface area contributed by atoms with Crippen molar-refractivity contribution in [2.24, 2.45) is 0 Å². The third kappa shape index (κ3) is 4.02. The van der Waals surface area contributed by atoms with Gasteiger partial charge in [-0.25, -0.2) is 0 Å². The van der Waals surface area contributed by atoms with Crippen LogP contribution in [0.25, 0.3) is 11.0 Å². The number of ether oxygens (including phenoxy) is 3. The van der Waals surface area contributed by atoms with Crippen molar-refractivity contribution in [1.82, 2.24) is 9.80 Å². The number of nitrogens with zero attached hydrogens (tertiary/aromatic N) is 2. The Bertz CT molecular complexity index is 1250. The van der Waals surface area contributed by atoms with E-state index in [9.17, 15) is 9.59 Å². The maximum atomic E-state index is 13.6. The molecule has 2 aromatic carbocycles. The highest BCUT2D eigenvalue weighted by Crippen LogP contribution is 2.41. The second-order valence-corrected chi connectivity index (χ2v) is 8.21. The molecule has 0 radical (unpaired) electrons. The summed E-state index contributed by atoms with van der Waals surface area (Å²) >= 11 is 0. The third-order valence-electron chi connectivity index (χ3n) is 5.90. The van der Waals surface area contributed by atoms with Gasteiger partial charge in [0.15, 0.2) is 16.9 Å². The van der Waals surface area contributed by atoms with Gasteiger partial charge in [-0.3, -0.25) is 9.59 Å². The van der Waals surface area contributed by atoms with Crippen LogP contribution in [0.3, 0.4) is 0 Å². The number of carbonyl (C=O) groups excluding carboxylic acids is 1. The van der Waals surface area contributed by atoms with Gasteiger partial charge in [0.05, 0.1) is 38.3 Å². The highest BCUT2D eigenvalue weighted by atomic mass is 16.5. The van der Waals surface area contributed by atoms with Gasteiger partial charge in [-0.15, -0.1) is 0 Å². The minimum atomic E-state index is -0.586. The number of carbonyl (C=O) groups is 1. The predicted molar refractivity (Wildman–Crippen MR) is 125 cm³/mol. The smallest absolute Gasteiger partial charge is 0.290 e. The Labute approximate surface area is 192 Å². The van der Waals surface area contributed by atoms with Crippen LogP contribution in [0.5, 0.6) is 17.2 Å². The van der Waals surface area contributed by atoms with Gasteiger partial charge in [0.25, 0.3) is 5.91 Å². The topological polar surface area (TPSA) is 81.5 Å². The Morgan fingerprint density at radius 1 is 0.970 bits per heavy atom. The molecule has 2 heterocycles. The lowest BCUT2D eigenvalue weighted by atomic mass is 9.98. The summed E-state index contributed by atoms with van der Waals surface area (Å²) in [5, 5.41) is 0.406. The standard InChI is InChI=1S/C25H28N2O6/c1-26(2)11-6-12-27-22(15-7-10-18(31-4)20(13-15)32-5)21-23(28)17-9-8-16(30-3)14-19(17)33-24(21)25(27)29/h7-10,13-14,22H,6,11-12H2,1-5H3/t22-/m1/s1. The van der Waals surface area contributed by atoms with Gasteiger partial charge in [-0.05, 0) is 56.9 Å². The molecule has 0 unspecified atom stereocenters. The van der Waals surface area contributed by atoms with Crippen molar-refractivity contribution in [1.29, 1.82) is 0 Å². The predicted octanol–water partition coefficient (Wildman–Crippen LogP) is 3.32. The molecule has 0 bridgehead atoms. The van der Waals surface area contributed by atoms with Crippen molar-refractivity contribution in [2.75, 3.05) is 48.5 Å². The summed E-state index contributed by atoms with van der Waals surface area (Å²) in [6.07, 6.45) is 0.748. The molecule has 1 amide bonds. The van der Waals surface area contributed by atoms with E-state index in [2.05, 4.69) is 4.90 Å². The number of methoxy groups -OCH3 is 3. The first kappa shape index (κ1) is 22.7. The lowest BCUT2D eigenvalue weighted by Gasteiger charge is -2.26. The summed E-state index contributed by atoms with van der Waals surface area (Å²) in [5.74, 6) is 1.42. The SMILES string of the molecule is COc1ccc2c(=O)c3c(oc2c1)C(=O)N(CCCN(C)C)[C@@H]3c1ccc(OC)c(OC)c1. The third-order valence-corrected chi connectivity index (χ3v) is 5.90. The molecule has 1 aliphatic heterocycles. The first-order chi connectivity index (χ1) is 15.9. The minimum absolute atomic E-state index is 0.0744. The Hall–Kier alpha value is -3.52. The molecule has 1 aliphatic rings. The highest BCUT2D eigenvalue weighted by Gasteiger charge is 2.42. The number of fused-ring (bicyclic) bond motifs is 2. The maximum Gasteiger partial charge on any atom is 0.290 e. The van der Waals surface area contributed by atoms with Crippen LogP contribution < -0.4 is 19.6 Å². The van der Waals surface area contributed by atoms with Crippen LogP contribution in [-0.4, -0.2) is 64.2 Å². The van der Waals surface area contributed by atoms with Crippen LogP contribution in [0.4, 0.5) is 0 Å². The second-order valence-electron chi connectivity index (χ2n) is 8.21. The Morgan fingerprint density at radius 2 is 1.73 bits per heavy atom. The summed E-state index contributed by atoms with van der Waals surface area (Å²) in [6.45, 7) is 1.28. The fourth-order valence-electron chi connectivity index (χ4n) is 4.28. The Morgan fingerprint density at radius 3 is 2.39 bits per heavy atom. The highest BCUT2D eigenvalue weighted by molar-refractivity contribution is 5.99. The molecule has 1 atom stereocenters. The van der Waals surface area contributed by atoms with Gasteiger partial charge in [0, 0.05) is 12.6 Å². The van der Waals surface area contributed by atoms with E-state index in [1.807, 2.05) is 26.2 Å². The van der Waals surface area contributed by atoms with E-state index in [1.165, 1.54) is 7.11 Å². The average Bonchev–Trinajstić information content (AvgIpc) is 3.09. The van der Waals surface area contributed by atoms with Crippen molar-refractivity contribution in [3.8, 4) is 17.2 Å². The fraction of sp³-hybridized carbons (Fsp3) is 0.360. The van der Waals surface area contributed by atoms with Crippen LogP contribution in [-0.2, 0) is 0 Å². The molecule has 0 spiro atoms. The van der Waals surface area contributed by atoms with Crippen LogP contribution >= 0.6 is 0 Å².